The van der Waals surface area contributed by atoms with Crippen LogP contribution in [0.2, 0.25) is 0 Å². The number of amides is 1. The van der Waals surface area contributed by atoms with E-state index in [9.17, 15) is 4.79 Å². The Kier molecular flexibility index (Phi) is 7.04. The van der Waals surface area contributed by atoms with Crippen molar-refractivity contribution in [3.8, 4) is 11.3 Å². The second kappa shape index (κ2) is 9.70. The first-order chi connectivity index (χ1) is 13.1. The Balaban J connectivity index is 1.41. The van der Waals surface area contributed by atoms with Gasteiger partial charge in [0, 0.05) is 24.1 Å². The molecule has 5 heteroatoms. The molecule has 0 aliphatic heterocycles. The SMILES string of the molecule is CC(C(=O)NC1CCCCC1)N(C)CCCc1cc(-c2ccccc2)no1. The molecule has 1 saturated carbocycles. The van der Waals surface area contributed by atoms with Gasteiger partial charge >= 0.3 is 0 Å². The Morgan fingerprint density at radius 2 is 2.00 bits per heavy atom. The number of aromatic nitrogens is 1. The van der Waals surface area contributed by atoms with Gasteiger partial charge in [-0.25, -0.2) is 0 Å². The van der Waals surface area contributed by atoms with Gasteiger partial charge < -0.3 is 9.84 Å². The molecular formula is C22H31N3O2. The zero-order valence-corrected chi connectivity index (χ0v) is 16.5. The van der Waals surface area contributed by atoms with Gasteiger partial charge in [-0.15, -0.1) is 0 Å². The Morgan fingerprint density at radius 1 is 1.26 bits per heavy atom. The molecule has 1 atom stereocenters. The van der Waals surface area contributed by atoms with Crippen molar-refractivity contribution in [3.63, 3.8) is 0 Å². The van der Waals surface area contributed by atoms with Gasteiger partial charge in [-0.1, -0.05) is 54.8 Å². The molecule has 146 valence electrons. The molecule has 1 heterocycles. The highest BCUT2D eigenvalue weighted by Crippen LogP contribution is 2.20. The van der Waals surface area contributed by atoms with Crippen LogP contribution in [0.1, 0.15) is 51.2 Å². The predicted molar refractivity (Wildman–Crippen MR) is 107 cm³/mol. The summed E-state index contributed by atoms with van der Waals surface area (Å²) >= 11 is 0. The zero-order valence-electron chi connectivity index (χ0n) is 16.5. The number of hydrogen-bond donors (Lipinski definition) is 1. The zero-order chi connectivity index (χ0) is 19.1. The van der Waals surface area contributed by atoms with E-state index in [1.54, 1.807) is 0 Å². The molecule has 1 aromatic carbocycles. The van der Waals surface area contributed by atoms with E-state index in [0.717, 1.165) is 49.2 Å². The topological polar surface area (TPSA) is 58.4 Å². The van der Waals surface area contributed by atoms with Crippen molar-refractivity contribution >= 4 is 5.91 Å². The van der Waals surface area contributed by atoms with Crippen LogP contribution >= 0.6 is 0 Å². The first kappa shape index (κ1) is 19.6. The highest BCUT2D eigenvalue weighted by atomic mass is 16.5. The third-order valence-corrected chi connectivity index (χ3v) is 5.55. The molecule has 0 bridgehead atoms. The summed E-state index contributed by atoms with van der Waals surface area (Å²) in [5, 5.41) is 7.38. The van der Waals surface area contributed by atoms with E-state index in [1.165, 1.54) is 19.3 Å². The first-order valence-corrected chi connectivity index (χ1v) is 10.1. The molecule has 1 fully saturated rings. The van der Waals surface area contributed by atoms with Crippen molar-refractivity contribution in [3.05, 3.63) is 42.2 Å². The summed E-state index contributed by atoms with van der Waals surface area (Å²) in [5.41, 5.74) is 1.94. The molecule has 2 aromatic rings. The predicted octanol–water partition coefficient (Wildman–Crippen LogP) is 4.04. The van der Waals surface area contributed by atoms with Crippen LogP contribution in [0, 0.1) is 0 Å². The molecule has 1 unspecified atom stereocenters. The molecule has 3 rings (SSSR count). The van der Waals surface area contributed by atoms with Crippen molar-refractivity contribution in [1.82, 2.24) is 15.4 Å². The fraction of sp³-hybridized carbons (Fsp3) is 0.545. The number of carbonyl (C=O) groups is 1. The van der Waals surface area contributed by atoms with E-state index in [-0.39, 0.29) is 11.9 Å². The van der Waals surface area contributed by atoms with E-state index in [2.05, 4.69) is 15.4 Å². The van der Waals surface area contributed by atoms with Gasteiger partial charge in [-0.05, 0) is 39.8 Å². The quantitative estimate of drug-likeness (QED) is 0.763. The second-order valence-electron chi connectivity index (χ2n) is 7.65. The molecule has 5 nitrogen and oxygen atoms in total. The molecule has 0 radical (unpaired) electrons. The second-order valence-corrected chi connectivity index (χ2v) is 7.65. The summed E-state index contributed by atoms with van der Waals surface area (Å²) < 4.78 is 5.46. The van der Waals surface area contributed by atoms with Crippen LogP contribution in [0.3, 0.4) is 0 Å². The fourth-order valence-corrected chi connectivity index (χ4v) is 3.64. The summed E-state index contributed by atoms with van der Waals surface area (Å²) in [6, 6.07) is 12.3. The van der Waals surface area contributed by atoms with Gasteiger partial charge in [-0.2, -0.15) is 0 Å². The number of likely N-dealkylation sites (N-methyl/N-ethyl adjacent to an activating group) is 1. The average molecular weight is 370 g/mol. The molecular weight excluding hydrogens is 338 g/mol. The normalized spacial score (nSPS) is 16.4. The van der Waals surface area contributed by atoms with Crippen LogP contribution in [-0.4, -0.2) is 41.6 Å². The van der Waals surface area contributed by atoms with Crippen molar-refractivity contribution in [2.45, 2.75) is 64.0 Å². The average Bonchev–Trinajstić information content (AvgIpc) is 3.17. The number of benzene rings is 1. The maximum Gasteiger partial charge on any atom is 0.237 e. The lowest BCUT2D eigenvalue weighted by molar-refractivity contribution is -0.126. The molecule has 1 aliphatic rings. The monoisotopic (exact) mass is 369 g/mol. The van der Waals surface area contributed by atoms with Crippen LogP contribution in [0.5, 0.6) is 0 Å². The van der Waals surface area contributed by atoms with E-state index in [1.807, 2.05) is 50.4 Å². The highest BCUT2D eigenvalue weighted by molar-refractivity contribution is 5.81. The molecule has 0 saturated heterocycles. The molecule has 1 amide bonds. The van der Waals surface area contributed by atoms with Crippen LogP contribution in [0.25, 0.3) is 11.3 Å². The number of nitrogens with zero attached hydrogens (tertiary/aromatic N) is 2. The molecule has 1 N–H and O–H groups in total. The van der Waals surface area contributed by atoms with Gasteiger partial charge in [0.25, 0.3) is 0 Å². The number of carbonyl (C=O) groups excluding carboxylic acids is 1. The largest absolute Gasteiger partial charge is 0.361 e. The standard InChI is InChI=1S/C22H31N3O2/c1-17(22(26)23-19-12-7-4-8-13-19)25(2)15-9-14-20-16-21(24-27-20)18-10-5-3-6-11-18/h3,5-6,10-11,16-17,19H,4,7-9,12-15H2,1-2H3,(H,23,26). The lowest BCUT2D eigenvalue weighted by atomic mass is 9.95. The lowest BCUT2D eigenvalue weighted by Crippen LogP contribution is -2.47. The van der Waals surface area contributed by atoms with Crippen molar-refractivity contribution < 1.29 is 9.32 Å². The minimum Gasteiger partial charge on any atom is -0.361 e. The number of aryl methyl sites for hydroxylation is 1. The van der Waals surface area contributed by atoms with Crippen LogP contribution in [0.4, 0.5) is 0 Å². The third kappa shape index (κ3) is 5.67. The molecule has 0 spiro atoms. The van der Waals surface area contributed by atoms with Gasteiger partial charge in [0.05, 0.1) is 6.04 Å². The Morgan fingerprint density at radius 3 is 2.74 bits per heavy atom. The van der Waals surface area contributed by atoms with E-state index >= 15 is 0 Å². The first-order valence-electron chi connectivity index (χ1n) is 10.1. The van der Waals surface area contributed by atoms with Gasteiger partial charge in [0.2, 0.25) is 5.91 Å². The Hall–Kier alpha value is -2.14. The Bertz CT molecular complexity index is 707. The van der Waals surface area contributed by atoms with Crippen LogP contribution < -0.4 is 5.32 Å². The smallest absolute Gasteiger partial charge is 0.237 e. The number of rotatable bonds is 8. The minimum atomic E-state index is -0.110. The molecule has 1 aromatic heterocycles. The summed E-state index contributed by atoms with van der Waals surface area (Å²) in [4.78, 5) is 14.6. The summed E-state index contributed by atoms with van der Waals surface area (Å²) in [7, 11) is 2.01. The lowest BCUT2D eigenvalue weighted by Gasteiger charge is -2.28. The van der Waals surface area contributed by atoms with E-state index in [0.29, 0.717) is 6.04 Å². The minimum absolute atomic E-state index is 0.110. The summed E-state index contributed by atoms with van der Waals surface area (Å²) in [5.74, 6) is 1.04. The van der Waals surface area contributed by atoms with Crippen LogP contribution in [-0.2, 0) is 11.2 Å². The van der Waals surface area contributed by atoms with Crippen LogP contribution in [0.15, 0.2) is 40.9 Å². The molecule has 1 aliphatic carbocycles. The maximum atomic E-state index is 12.5. The van der Waals surface area contributed by atoms with Gasteiger partial charge in [0.15, 0.2) is 0 Å². The molecule has 27 heavy (non-hydrogen) atoms. The van der Waals surface area contributed by atoms with Crippen molar-refractivity contribution in [2.24, 2.45) is 0 Å². The third-order valence-electron chi connectivity index (χ3n) is 5.55. The number of nitrogens with one attached hydrogen (secondary N) is 1. The van der Waals surface area contributed by atoms with Gasteiger partial charge in [0.1, 0.15) is 11.5 Å². The fourth-order valence-electron chi connectivity index (χ4n) is 3.64. The summed E-state index contributed by atoms with van der Waals surface area (Å²) in [6.07, 6.45) is 7.76. The highest BCUT2D eigenvalue weighted by Gasteiger charge is 2.22. The number of hydrogen-bond acceptors (Lipinski definition) is 4. The maximum absolute atomic E-state index is 12.5. The summed E-state index contributed by atoms with van der Waals surface area (Å²) in [6.45, 7) is 2.83. The van der Waals surface area contributed by atoms with E-state index < -0.39 is 0 Å². The van der Waals surface area contributed by atoms with E-state index in [4.69, 9.17) is 4.52 Å². The van der Waals surface area contributed by atoms with Crippen molar-refractivity contribution in [1.29, 1.82) is 0 Å². The Labute approximate surface area is 162 Å². The van der Waals surface area contributed by atoms with Gasteiger partial charge in [-0.3, -0.25) is 9.69 Å². The van der Waals surface area contributed by atoms with Crippen molar-refractivity contribution in [2.75, 3.05) is 13.6 Å².